The summed E-state index contributed by atoms with van der Waals surface area (Å²) in [6.45, 7) is 6.92. The summed E-state index contributed by atoms with van der Waals surface area (Å²) in [6.07, 6.45) is 0. The third kappa shape index (κ3) is 4.23. The van der Waals surface area contributed by atoms with Crippen LogP contribution in [0.25, 0.3) is 0 Å². The summed E-state index contributed by atoms with van der Waals surface area (Å²) in [5.41, 5.74) is 8.78. The van der Waals surface area contributed by atoms with Gasteiger partial charge in [-0.05, 0) is 31.0 Å². The van der Waals surface area contributed by atoms with Crippen LogP contribution in [0.2, 0.25) is 0 Å². The van der Waals surface area contributed by atoms with Gasteiger partial charge in [0.05, 0.1) is 6.04 Å². The van der Waals surface area contributed by atoms with Crippen LogP contribution in [0.3, 0.4) is 0 Å². The van der Waals surface area contributed by atoms with Gasteiger partial charge in [0.2, 0.25) is 5.91 Å². The fourth-order valence-electron chi connectivity index (χ4n) is 2.17. The maximum absolute atomic E-state index is 11.7. The van der Waals surface area contributed by atoms with Crippen molar-refractivity contribution in [2.45, 2.75) is 26.4 Å². The molecule has 1 amide bonds. The zero-order valence-corrected chi connectivity index (χ0v) is 13.0. The van der Waals surface area contributed by atoms with Gasteiger partial charge < -0.3 is 11.1 Å². The van der Waals surface area contributed by atoms with Crippen molar-refractivity contribution in [3.8, 4) is 0 Å². The number of carbonyl (C=O) groups excluding carboxylic acids is 1. The molecular weight excluding hydrogens is 270 g/mol. The Bertz CT molecular complexity index is 470. The van der Waals surface area contributed by atoms with Gasteiger partial charge in [0.1, 0.15) is 0 Å². The van der Waals surface area contributed by atoms with Crippen molar-refractivity contribution in [2.75, 3.05) is 29.9 Å². The van der Waals surface area contributed by atoms with Crippen LogP contribution in [0.4, 0.5) is 5.69 Å². The molecule has 1 atom stereocenters. The lowest BCUT2D eigenvalue weighted by Gasteiger charge is -2.26. The summed E-state index contributed by atoms with van der Waals surface area (Å²) in [5, 5.41) is 2.90. The summed E-state index contributed by atoms with van der Waals surface area (Å²) in [6, 6.07) is 5.78. The lowest BCUT2D eigenvalue weighted by molar-refractivity contribution is -0.117. The highest BCUT2D eigenvalue weighted by molar-refractivity contribution is 7.99. The molecule has 0 spiro atoms. The molecule has 1 unspecified atom stereocenters. The Balaban J connectivity index is 2.05. The number of carbonyl (C=O) groups is 1. The van der Waals surface area contributed by atoms with E-state index in [0.29, 0.717) is 0 Å². The van der Waals surface area contributed by atoms with E-state index in [9.17, 15) is 4.79 Å². The van der Waals surface area contributed by atoms with Gasteiger partial charge in [-0.1, -0.05) is 12.1 Å². The summed E-state index contributed by atoms with van der Waals surface area (Å²) in [4.78, 5) is 14.2. The molecule has 0 saturated carbocycles. The van der Waals surface area contributed by atoms with Gasteiger partial charge in [-0.3, -0.25) is 9.69 Å². The highest BCUT2D eigenvalue weighted by Gasteiger charge is 2.13. The fraction of sp³-hybridized carbons (Fsp3) is 0.533. The molecule has 0 radical (unpaired) electrons. The number of hydrogen-bond acceptors (Lipinski definition) is 4. The number of nitrogens with one attached hydrogen (secondary N) is 1. The number of anilines is 1. The summed E-state index contributed by atoms with van der Waals surface area (Å²) in [5.74, 6) is 2.28. The van der Waals surface area contributed by atoms with E-state index in [2.05, 4.69) is 28.4 Å². The van der Waals surface area contributed by atoms with Crippen LogP contribution in [-0.4, -0.2) is 41.4 Å². The van der Waals surface area contributed by atoms with Crippen LogP contribution in [0, 0.1) is 6.92 Å². The zero-order valence-electron chi connectivity index (χ0n) is 12.2. The van der Waals surface area contributed by atoms with Crippen molar-refractivity contribution >= 4 is 23.4 Å². The summed E-state index contributed by atoms with van der Waals surface area (Å²) < 4.78 is 0. The first-order chi connectivity index (χ1) is 9.56. The Labute approximate surface area is 125 Å². The smallest absolute Gasteiger partial charge is 0.241 e. The number of rotatable bonds is 4. The quantitative estimate of drug-likeness (QED) is 0.889. The molecule has 4 nitrogen and oxygen atoms in total. The van der Waals surface area contributed by atoms with Crippen molar-refractivity contribution in [3.63, 3.8) is 0 Å². The standard InChI is InChI=1S/C15H23N3OS/c1-11-3-4-13(10-18-5-7-20-8-6-18)9-14(11)17-15(19)12(2)16/h3-4,9,12H,5-8,10,16H2,1-2H3,(H,17,19). The number of hydrogen-bond donors (Lipinski definition) is 2. The second-order valence-electron chi connectivity index (χ2n) is 5.32. The number of thioether (sulfide) groups is 1. The molecule has 1 aliphatic heterocycles. The van der Waals surface area contributed by atoms with Gasteiger partial charge in [-0.25, -0.2) is 0 Å². The molecular formula is C15H23N3OS. The predicted molar refractivity (Wildman–Crippen MR) is 86.1 cm³/mol. The van der Waals surface area contributed by atoms with Crippen molar-refractivity contribution in [1.29, 1.82) is 0 Å². The molecule has 1 aromatic rings. The second kappa shape index (κ2) is 7.11. The largest absolute Gasteiger partial charge is 0.324 e. The van der Waals surface area contributed by atoms with Gasteiger partial charge in [0.25, 0.3) is 0 Å². The molecule has 1 heterocycles. The van der Waals surface area contributed by atoms with Crippen LogP contribution in [0.5, 0.6) is 0 Å². The molecule has 20 heavy (non-hydrogen) atoms. The van der Waals surface area contributed by atoms with E-state index >= 15 is 0 Å². The molecule has 110 valence electrons. The zero-order chi connectivity index (χ0) is 14.5. The maximum atomic E-state index is 11.7. The minimum absolute atomic E-state index is 0.139. The Morgan fingerprint density at radius 2 is 2.15 bits per heavy atom. The van der Waals surface area contributed by atoms with Crippen LogP contribution in [0.1, 0.15) is 18.1 Å². The molecule has 2 rings (SSSR count). The Morgan fingerprint density at radius 1 is 1.45 bits per heavy atom. The van der Waals surface area contributed by atoms with Crippen LogP contribution >= 0.6 is 11.8 Å². The molecule has 1 aliphatic rings. The molecule has 1 aromatic carbocycles. The van der Waals surface area contributed by atoms with Gasteiger partial charge >= 0.3 is 0 Å². The average molecular weight is 293 g/mol. The van der Waals surface area contributed by atoms with Crippen LogP contribution < -0.4 is 11.1 Å². The summed E-state index contributed by atoms with van der Waals surface area (Å²) >= 11 is 2.01. The SMILES string of the molecule is Cc1ccc(CN2CCSCC2)cc1NC(=O)C(C)N. The molecule has 1 fully saturated rings. The Morgan fingerprint density at radius 3 is 2.80 bits per heavy atom. The van der Waals surface area contributed by atoms with E-state index < -0.39 is 6.04 Å². The van der Waals surface area contributed by atoms with E-state index in [1.807, 2.05) is 18.7 Å². The highest BCUT2D eigenvalue weighted by Crippen LogP contribution is 2.19. The molecule has 1 saturated heterocycles. The van der Waals surface area contributed by atoms with Gasteiger partial charge in [-0.2, -0.15) is 11.8 Å². The van der Waals surface area contributed by atoms with Gasteiger partial charge in [0.15, 0.2) is 0 Å². The van der Waals surface area contributed by atoms with E-state index in [1.165, 1.54) is 17.1 Å². The van der Waals surface area contributed by atoms with Gasteiger partial charge in [0, 0.05) is 36.8 Å². The molecule has 3 N–H and O–H groups in total. The average Bonchev–Trinajstić information content (AvgIpc) is 2.43. The molecule has 0 aromatic heterocycles. The molecule has 5 heteroatoms. The number of nitrogens with zero attached hydrogens (tertiary/aromatic N) is 1. The first kappa shape index (κ1) is 15.4. The van der Waals surface area contributed by atoms with E-state index in [4.69, 9.17) is 5.73 Å². The minimum atomic E-state index is -0.489. The van der Waals surface area contributed by atoms with Crippen molar-refractivity contribution in [3.05, 3.63) is 29.3 Å². The topological polar surface area (TPSA) is 58.4 Å². The molecule has 0 aliphatic carbocycles. The van der Waals surface area contributed by atoms with Crippen LogP contribution in [0.15, 0.2) is 18.2 Å². The maximum Gasteiger partial charge on any atom is 0.241 e. The lowest BCUT2D eigenvalue weighted by Crippen LogP contribution is -2.33. The van der Waals surface area contributed by atoms with E-state index in [0.717, 1.165) is 30.9 Å². The fourth-order valence-corrected chi connectivity index (χ4v) is 3.14. The van der Waals surface area contributed by atoms with Crippen molar-refractivity contribution in [1.82, 2.24) is 4.90 Å². The van der Waals surface area contributed by atoms with Gasteiger partial charge in [-0.15, -0.1) is 0 Å². The first-order valence-corrected chi connectivity index (χ1v) is 8.18. The third-order valence-corrected chi connectivity index (χ3v) is 4.43. The monoisotopic (exact) mass is 293 g/mol. The number of benzene rings is 1. The normalized spacial score (nSPS) is 17.8. The minimum Gasteiger partial charge on any atom is -0.324 e. The highest BCUT2D eigenvalue weighted by atomic mass is 32.2. The Hall–Kier alpha value is -1.04. The first-order valence-electron chi connectivity index (χ1n) is 7.02. The number of aryl methyl sites for hydroxylation is 1. The van der Waals surface area contributed by atoms with Crippen molar-refractivity contribution < 1.29 is 4.79 Å². The third-order valence-electron chi connectivity index (χ3n) is 3.48. The molecule has 0 bridgehead atoms. The Kier molecular flexibility index (Phi) is 5.46. The predicted octanol–water partition coefficient (Wildman–Crippen LogP) is 1.83. The number of amides is 1. The summed E-state index contributed by atoms with van der Waals surface area (Å²) in [7, 11) is 0. The van der Waals surface area contributed by atoms with E-state index in [-0.39, 0.29) is 5.91 Å². The second-order valence-corrected chi connectivity index (χ2v) is 6.54. The number of nitrogens with two attached hydrogens (primary N) is 1. The van der Waals surface area contributed by atoms with Crippen molar-refractivity contribution in [2.24, 2.45) is 5.73 Å². The lowest BCUT2D eigenvalue weighted by atomic mass is 10.1. The van der Waals surface area contributed by atoms with E-state index in [1.54, 1.807) is 6.92 Å². The van der Waals surface area contributed by atoms with Crippen LogP contribution in [-0.2, 0) is 11.3 Å².